The van der Waals surface area contributed by atoms with Crippen LogP contribution < -0.4 is 10.6 Å². The van der Waals surface area contributed by atoms with Crippen molar-refractivity contribution < 1.29 is 4.79 Å². The molecule has 0 bridgehead atoms. The van der Waals surface area contributed by atoms with E-state index in [1.807, 2.05) is 13.8 Å². The molecule has 1 rings (SSSR count). The lowest BCUT2D eigenvalue weighted by atomic mass is 10.0. The van der Waals surface area contributed by atoms with Gasteiger partial charge in [-0.15, -0.1) is 0 Å². The molecule has 1 aliphatic heterocycles. The van der Waals surface area contributed by atoms with Crippen LogP contribution in [-0.4, -0.2) is 11.6 Å². The number of carbonyl (C=O) groups excluding carboxylic acids is 1. The van der Waals surface area contributed by atoms with E-state index in [0.717, 1.165) is 5.70 Å². The molecule has 0 aromatic rings. The molecule has 0 unspecified atom stereocenters. The lowest BCUT2D eigenvalue weighted by Gasteiger charge is -2.15. The zero-order valence-corrected chi connectivity index (χ0v) is 5.62. The summed E-state index contributed by atoms with van der Waals surface area (Å²) in [6.07, 6.45) is 0. The molecule has 3 heteroatoms. The maximum atomic E-state index is 10.6. The Hall–Kier alpha value is -0.990. The maximum Gasteiger partial charge on any atom is 0.319 e. The summed E-state index contributed by atoms with van der Waals surface area (Å²) in [5.41, 5.74) is 0.448. The van der Waals surface area contributed by atoms with Crippen LogP contribution in [0.15, 0.2) is 12.3 Å². The Balaban J connectivity index is 2.81. The van der Waals surface area contributed by atoms with Crippen molar-refractivity contribution in [1.82, 2.24) is 10.6 Å². The van der Waals surface area contributed by atoms with Crippen molar-refractivity contribution in [3.63, 3.8) is 0 Å². The zero-order chi connectivity index (χ0) is 7.07. The highest BCUT2D eigenvalue weighted by atomic mass is 16.2. The van der Waals surface area contributed by atoms with Crippen LogP contribution in [0, 0.1) is 0 Å². The topological polar surface area (TPSA) is 41.1 Å². The van der Waals surface area contributed by atoms with Crippen LogP contribution in [0.1, 0.15) is 13.8 Å². The molecule has 50 valence electrons. The van der Waals surface area contributed by atoms with Gasteiger partial charge in [-0.25, -0.2) is 4.79 Å². The highest BCUT2D eigenvalue weighted by Gasteiger charge is 2.31. The van der Waals surface area contributed by atoms with E-state index in [4.69, 9.17) is 0 Å². The van der Waals surface area contributed by atoms with Gasteiger partial charge in [-0.2, -0.15) is 0 Å². The van der Waals surface area contributed by atoms with Crippen LogP contribution >= 0.6 is 0 Å². The number of hydrogen-bond donors (Lipinski definition) is 2. The second-order valence-electron chi connectivity index (χ2n) is 2.68. The molecule has 0 radical (unpaired) electrons. The normalized spacial score (nSPS) is 23.3. The second kappa shape index (κ2) is 1.50. The molecule has 2 amide bonds. The maximum absolute atomic E-state index is 10.6. The summed E-state index contributed by atoms with van der Waals surface area (Å²) in [5.74, 6) is 0. The third kappa shape index (κ3) is 0.896. The molecule has 0 aromatic heterocycles. The SMILES string of the molecule is C=C1NC(=O)NC1(C)C. The molecule has 1 heterocycles. The first kappa shape index (κ1) is 6.13. The molecule has 1 saturated heterocycles. The average molecular weight is 126 g/mol. The second-order valence-corrected chi connectivity index (χ2v) is 2.68. The Kier molecular flexibility index (Phi) is 1.02. The van der Waals surface area contributed by atoms with Crippen molar-refractivity contribution in [2.45, 2.75) is 19.4 Å². The number of amides is 2. The standard InChI is InChI=1S/C6H10N2O/c1-4-6(2,3)8-5(9)7-4/h1H2,2-3H3,(H2,7,8,9). The summed E-state index contributed by atoms with van der Waals surface area (Å²) < 4.78 is 0. The van der Waals surface area contributed by atoms with Gasteiger partial charge in [0.2, 0.25) is 0 Å². The first-order valence-corrected chi connectivity index (χ1v) is 2.81. The first-order chi connectivity index (χ1) is 4.02. The van der Waals surface area contributed by atoms with Gasteiger partial charge in [-0.1, -0.05) is 6.58 Å². The minimum Gasteiger partial charge on any atom is -0.327 e. The Morgan fingerprint density at radius 1 is 1.56 bits per heavy atom. The summed E-state index contributed by atoms with van der Waals surface area (Å²) in [5, 5.41) is 5.26. The van der Waals surface area contributed by atoms with Crippen LogP contribution in [0.3, 0.4) is 0 Å². The fourth-order valence-corrected chi connectivity index (χ4v) is 0.684. The van der Waals surface area contributed by atoms with E-state index in [0.29, 0.717) is 0 Å². The van der Waals surface area contributed by atoms with Crippen molar-refractivity contribution in [1.29, 1.82) is 0 Å². The van der Waals surface area contributed by atoms with E-state index < -0.39 is 0 Å². The van der Waals surface area contributed by atoms with Gasteiger partial charge in [0.15, 0.2) is 0 Å². The fraction of sp³-hybridized carbons (Fsp3) is 0.500. The zero-order valence-electron chi connectivity index (χ0n) is 5.62. The van der Waals surface area contributed by atoms with Crippen molar-refractivity contribution in [3.05, 3.63) is 12.3 Å². The smallest absolute Gasteiger partial charge is 0.319 e. The quantitative estimate of drug-likeness (QED) is 0.490. The monoisotopic (exact) mass is 126 g/mol. The molecule has 0 aromatic carbocycles. The van der Waals surface area contributed by atoms with Crippen molar-refractivity contribution in [3.8, 4) is 0 Å². The van der Waals surface area contributed by atoms with E-state index >= 15 is 0 Å². The largest absolute Gasteiger partial charge is 0.327 e. The Labute approximate surface area is 54.1 Å². The van der Waals surface area contributed by atoms with Gasteiger partial charge < -0.3 is 10.6 Å². The van der Waals surface area contributed by atoms with Crippen molar-refractivity contribution >= 4 is 6.03 Å². The molecule has 0 atom stereocenters. The van der Waals surface area contributed by atoms with Gasteiger partial charge in [0.1, 0.15) is 0 Å². The van der Waals surface area contributed by atoms with Gasteiger partial charge >= 0.3 is 6.03 Å². The third-order valence-electron chi connectivity index (χ3n) is 1.44. The van der Waals surface area contributed by atoms with Gasteiger partial charge in [-0.05, 0) is 13.8 Å². The third-order valence-corrected chi connectivity index (χ3v) is 1.44. The summed E-state index contributed by atoms with van der Waals surface area (Å²) >= 11 is 0. The molecular weight excluding hydrogens is 116 g/mol. The summed E-state index contributed by atoms with van der Waals surface area (Å²) in [6.45, 7) is 7.46. The molecule has 2 N–H and O–H groups in total. The van der Waals surface area contributed by atoms with E-state index in [1.165, 1.54) is 0 Å². The predicted octanol–water partition coefficient (Wildman–Crippen LogP) is 0.592. The van der Waals surface area contributed by atoms with E-state index in [2.05, 4.69) is 17.2 Å². The number of rotatable bonds is 0. The van der Waals surface area contributed by atoms with Gasteiger partial charge in [0.25, 0.3) is 0 Å². The molecule has 1 aliphatic rings. The van der Waals surface area contributed by atoms with Crippen LogP contribution in [0.5, 0.6) is 0 Å². The number of urea groups is 1. The highest BCUT2D eigenvalue weighted by Crippen LogP contribution is 2.15. The summed E-state index contributed by atoms with van der Waals surface area (Å²) in [6, 6.07) is -0.162. The van der Waals surface area contributed by atoms with Crippen molar-refractivity contribution in [2.75, 3.05) is 0 Å². The number of nitrogens with one attached hydrogen (secondary N) is 2. The Morgan fingerprint density at radius 2 is 2.11 bits per heavy atom. The van der Waals surface area contributed by atoms with Gasteiger partial charge in [0, 0.05) is 5.70 Å². The summed E-state index contributed by atoms with van der Waals surface area (Å²) in [7, 11) is 0. The molecule has 0 saturated carbocycles. The van der Waals surface area contributed by atoms with Crippen LogP contribution in [0.2, 0.25) is 0 Å². The fourth-order valence-electron chi connectivity index (χ4n) is 0.684. The van der Waals surface area contributed by atoms with Crippen LogP contribution in [-0.2, 0) is 0 Å². The molecule has 9 heavy (non-hydrogen) atoms. The van der Waals surface area contributed by atoms with Gasteiger partial charge in [0.05, 0.1) is 5.54 Å². The molecule has 3 nitrogen and oxygen atoms in total. The lowest BCUT2D eigenvalue weighted by molar-refractivity contribution is 0.246. The van der Waals surface area contributed by atoms with Gasteiger partial charge in [-0.3, -0.25) is 0 Å². The predicted molar refractivity (Wildman–Crippen MR) is 34.9 cm³/mol. The Morgan fingerprint density at radius 3 is 2.22 bits per heavy atom. The lowest BCUT2D eigenvalue weighted by Crippen LogP contribution is -2.35. The van der Waals surface area contributed by atoms with E-state index in [1.54, 1.807) is 0 Å². The minimum atomic E-state index is -0.281. The summed E-state index contributed by atoms with van der Waals surface area (Å²) in [4.78, 5) is 10.6. The van der Waals surface area contributed by atoms with Crippen LogP contribution in [0.25, 0.3) is 0 Å². The van der Waals surface area contributed by atoms with Crippen molar-refractivity contribution in [2.24, 2.45) is 0 Å². The minimum absolute atomic E-state index is 0.162. The van der Waals surface area contributed by atoms with Crippen LogP contribution in [0.4, 0.5) is 4.79 Å². The van der Waals surface area contributed by atoms with E-state index in [-0.39, 0.29) is 11.6 Å². The Bertz CT molecular complexity index is 172. The number of carbonyl (C=O) groups is 1. The average Bonchev–Trinajstić information content (AvgIpc) is 1.79. The molecular formula is C6H10N2O. The highest BCUT2D eigenvalue weighted by molar-refractivity contribution is 5.81. The first-order valence-electron chi connectivity index (χ1n) is 2.81. The van der Waals surface area contributed by atoms with E-state index in [9.17, 15) is 4.79 Å². The molecule has 1 fully saturated rings. The molecule has 0 spiro atoms. The number of hydrogen-bond acceptors (Lipinski definition) is 1. The molecule has 0 aliphatic carbocycles.